The van der Waals surface area contributed by atoms with Gasteiger partial charge in [-0.1, -0.05) is 0 Å². The number of aromatic amines is 1. The Labute approximate surface area is 246 Å². The van der Waals surface area contributed by atoms with Gasteiger partial charge in [0.1, 0.15) is 11.6 Å². The molecule has 0 spiro atoms. The lowest BCUT2D eigenvalue weighted by atomic mass is 10.3. The van der Waals surface area contributed by atoms with Crippen LogP contribution in [0, 0.1) is 12.8 Å². The monoisotopic (exact) mass is 586 g/mol. The molecule has 3 N–H and O–H groups in total. The fourth-order valence-corrected chi connectivity index (χ4v) is 5.21. The molecule has 3 aromatic heterocycles. The van der Waals surface area contributed by atoms with E-state index in [1.807, 2.05) is 43.3 Å². The van der Waals surface area contributed by atoms with E-state index in [2.05, 4.69) is 40.6 Å². The van der Waals surface area contributed by atoms with E-state index in [9.17, 15) is 9.59 Å². The van der Waals surface area contributed by atoms with Gasteiger partial charge in [-0.2, -0.15) is 5.10 Å². The molecule has 14 heteroatoms. The number of piperazine rings is 1. The van der Waals surface area contributed by atoms with Gasteiger partial charge in [0.2, 0.25) is 11.9 Å². The molecule has 216 valence electrons. The second-order valence-corrected chi connectivity index (χ2v) is 11.1. The summed E-state index contributed by atoms with van der Waals surface area (Å²) < 4.78 is 4.73. The Kier molecular flexibility index (Phi) is 7.86. The molecule has 1 saturated carbocycles. The van der Waals surface area contributed by atoms with Crippen LogP contribution < -0.4 is 20.4 Å². The van der Waals surface area contributed by atoms with E-state index in [-0.39, 0.29) is 11.8 Å². The highest BCUT2D eigenvalue weighted by molar-refractivity contribution is 7.99. The quantitative estimate of drug-likeness (QED) is 0.194. The fraction of sp³-hybridized carbons (Fsp3) is 0.321. The van der Waals surface area contributed by atoms with Crippen LogP contribution in [0.5, 0.6) is 0 Å². The molecule has 1 aliphatic heterocycles. The second kappa shape index (κ2) is 12.0. The fourth-order valence-electron chi connectivity index (χ4n) is 4.44. The van der Waals surface area contributed by atoms with E-state index in [4.69, 9.17) is 14.7 Å². The number of anilines is 5. The number of carbonyl (C=O) groups excluding carboxylic acids is 2. The van der Waals surface area contributed by atoms with Crippen LogP contribution in [0.1, 0.15) is 28.9 Å². The average Bonchev–Trinajstić information content (AvgIpc) is 3.79. The Balaban J connectivity index is 1.17. The molecular weight excluding hydrogens is 556 g/mol. The van der Waals surface area contributed by atoms with Crippen molar-refractivity contribution in [2.75, 3.05) is 53.7 Å². The van der Waals surface area contributed by atoms with Crippen LogP contribution in [-0.4, -0.2) is 75.3 Å². The largest absolute Gasteiger partial charge is 0.465 e. The predicted molar refractivity (Wildman–Crippen MR) is 158 cm³/mol. The second-order valence-electron chi connectivity index (χ2n) is 10.1. The number of nitrogens with one attached hydrogen (secondary N) is 3. The van der Waals surface area contributed by atoms with Crippen LogP contribution in [0.4, 0.5) is 29.1 Å². The van der Waals surface area contributed by atoms with E-state index < -0.39 is 5.97 Å². The summed E-state index contributed by atoms with van der Waals surface area (Å²) in [5.74, 6) is 2.43. The Hall–Kier alpha value is -4.72. The molecule has 0 unspecified atom stereocenters. The maximum atomic E-state index is 12.1. The Morgan fingerprint density at radius 3 is 2.33 bits per heavy atom. The Bertz CT molecular complexity index is 1570. The van der Waals surface area contributed by atoms with Crippen molar-refractivity contribution in [1.29, 1.82) is 0 Å². The van der Waals surface area contributed by atoms with Gasteiger partial charge < -0.3 is 25.2 Å². The highest BCUT2D eigenvalue weighted by Crippen LogP contribution is 2.32. The number of nitrogens with zero attached hydrogens (tertiary/aromatic N) is 7. The van der Waals surface area contributed by atoms with E-state index in [0.717, 1.165) is 34.9 Å². The number of amides is 1. The molecule has 1 aromatic carbocycles. The third kappa shape index (κ3) is 6.60. The zero-order valence-electron chi connectivity index (χ0n) is 23.2. The van der Waals surface area contributed by atoms with E-state index in [0.29, 0.717) is 54.5 Å². The first-order valence-corrected chi connectivity index (χ1v) is 14.4. The highest BCUT2D eigenvalue weighted by Gasteiger charge is 2.29. The van der Waals surface area contributed by atoms with Gasteiger partial charge in [-0.25, -0.2) is 24.7 Å². The first-order chi connectivity index (χ1) is 20.4. The standard InChI is InChI=1S/C28H30N10O3S/c1-17-13-23(36-35-17)32-22-14-24(37-9-11-38(12-10-37)27-29-15-19(16-30-27)26(40)41-2)34-28(33-22)42-21-7-5-20(6-8-21)31-25(39)18-3-4-18/h5-8,13-16,18H,3-4,9-12H2,1-2H3,(H,31,39)(H2,32,33,34,35,36). The molecule has 2 aliphatic rings. The third-order valence-corrected chi connectivity index (χ3v) is 7.75. The number of H-pyrrole nitrogens is 1. The van der Waals surface area contributed by atoms with Crippen LogP contribution in [0.15, 0.2) is 58.8 Å². The number of aromatic nitrogens is 6. The summed E-state index contributed by atoms with van der Waals surface area (Å²) >= 11 is 1.45. The number of rotatable bonds is 9. The summed E-state index contributed by atoms with van der Waals surface area (Å²) in [4.78, 5) is 47.3. The molecule has 1 saturated heterocycles. The minimum absolute atomic E-state index is 0.0839. The first-order valence-electron chi connectivity index (χ1n) is 13.6. The zero-order valence-corrected chi connectivity index (χ0v) is 24.0. The van der Waals surface area contributed by atoms with Crippen molar-refractivity contribution in [3.8, 4) is 0 Å². The van der Waals surface area contributed by atoms with Crippen LogP contribution in [-0.2, 0) is 9.53 Å². The first kappa shape index (κ1) is 27.4. The third-order valence-electron chi connectivity index (χ3n) is 6.88. The van der Waals surface area contributed by atoms with E-state index in [1.54, 1.807) is 0 Å². The van der Waals surface area contributed by atoms with Crippen molar-refractivity contribution in [2.45, 2.75) is 29.8 Å². The molecule has 13 nitrogen and oxygen atoms in total. The number of carbonyl (C=O) groups is 2. The zero-order chi connectivity index (χ0) is 29.1. The van der Waals surface area contributed by atoms with Gasteiger partial charge in [0.05, 0.1) is 12.7 Å². The number of benzene rings is 1. The van der Waals surface area contributed by atoms with Crippen molar-refractivity contribution in [3.05, 3.63) is 60.0 Å². The van der Waals surface area contributed by atoms with Crippen molar-refractivity contribution in [1.82, 2.24) is 30.1 Å². The molecule has 0 radical (unpaired) electrons. The van der Waals surface area contributed by atoms with E-state index in [1.165, 1.54) is 31.3 Å². The molecule has 1 amide bonds. The topological polar surface area (TPSA) is 154 Å². The molecule has 1 aliphatic carbocycles. The lowest BCUT2D eigenvalue weighted by Gasteiger charge is -2.35. The molecule has 4 aromatic rings. The van der Waals surface area contributed by atoms with Crippen molar-refractivity contribution >= 4 is 52.7 Å². The Morgan fingerprint density at radius 2 is 1.69 bits per heavy atom. The number of aryl methyl sites for hydroxylation is 1. The molecule has 0 atom stereocenters. The molecule has 6 rings (SSSR count). The lowest BCUT2D eigenvalue weighted by molar-refractivity contribution is -0.117. The number of hydrogen-bond acceptors (Lipinski definition) is 12. The summed E-state index contributed by atoms with van der Waals surface area (Å²) in [6.07, 6.45) is 4.90. The minimum atomic E-state index is -0.463. The predicted octanol–water partition coefficient (Wildman–Crippen LogP) is 3.65. The van der Waals surface area contributed by atoms with Gasteiger partial charge in [-0.05, 0) is 55.8 Å². The van der Waals surface area contributed by atoms with Crippen LogP contribution in [0.25, 0.3) is 0 Å². The highest BCUT2D eigenvalue weighted by atomic mass is 32.2. The van der Waals surface area contributed by atoms with Crippen LogP contribution in [0.2, 0.25) is 0 Å². The number of hydrogen-bond donors (Lipinski definition) is 3. The number of ether oxygens (including phenoxy) is 1. The van der Waals surface area contributed by atoms with Crippen molar-refractivity contribution in [3.63, 3.8) is 0 Å². The van der Waals surface area contributed by atoms with Gasteiger partial charge in [0, 0.05) is 72.9 Å². The van der Waals surface area contributed by atoms with Gasteiger partial charge in [0.15, 0.2) is 11.0 Å². The van der Waals surface area contributed by atoms with Crippen molar-refractivity contribution < 1.29 is 14.3 Å². The van der Waals surface area contributed by atoms with Gasteiger partial charge in [0.25, 0.3) is 0 Å². The van der Waals surface area contributed by atoms with Crippen LogP contribution in [0.3, 0.4) is 0 Å². The lowest BCUT2D eigenvalue weighted by Crippen LogP contribution is -2.47. The van der Waals surface area contributed by atoms with Gasteiger partial charge in [-0.15, -0.1) is 0 Å². The maximum absolute atomic E-state index is 12.1. The molecule has 2 fully saturated rings. The Morgan fingerprint density at radius 1 is 0.976 bits per heavy atom. The molecular formula is C28H30N10O3S. The van der Waals surface area contributed by atoms with Crippen molar-refractivity contribution in [2.24, 2.45) is 5.92 Å². The normalized spacial score (nSPS) is 14.9. The summed E-state index contributed by atoms with van der Waals surface area (Å²) in [7, 11) is 1.33. The summed E-state index contributed by atoms with van der Waals surface area (Å²) in [6.45, 7) is 4.69. The number of methoxy groups -OCH3 is 1. The number of esters is 1. The summed E-state index contributed by atoms with van der Waals surface area (Å²) in [5, 5.41) is 14.1. The summed E-state index contributed by atoms with van der Waals surface area (Å²) in [6, 6.07) is 11.5. The minimum Gasteiger partial charge on any atom is -0.465 e. The SMILES string of the molecule is COC(=O)c1cnc(N2CCN(c3cc(Nc4cc(C)[nH]n4)nc(Sc4ccc(NC(=O)C5CC5)cc4)n3)CC2)nc1. The van der Waals surface area contributed by atoms with Gasteiger partial charge >= 0.3 is 5.97 Å². The summed E-state index contributed by atoms with van der Waals surface area (Å²) in [5.41, 5.74) is 2.04. The molecule has 42 heavy (non-hydrogen) atoms. The van der Waals surface area contributed by atoms with Gasteiger partial charge in [-0.3, -0.25) is 9.89 Å². The van der Waals surface area contributed by atoms with E-state index >= 15 is 0 Å². The van der Waals surface area contributed by atoms with Crippen LogP contribution >= 0.6 is 11.8 Å². The smallest absolute Gasteiger partial charge is 0.341 e. The average molecular weight is 587 g/mol. The molecule has 4 heterocycles. The maximum Gasteiger partial charge on any atom is 0.341 e. The molecule has 0 bridgehead atoms.